The number of anilines is 1. The molecule has 0 aliphatic carbocycles. The highest BCUT2D eigenvalue weighted by Gasteiger charge is 2.25. The lowest BCUT2D eigenvalue weighted by atomic mass is 10.1. The first-order chi connectivity index (χ1) is 16.2. The van der Waals surface area contributed by atoms with Gasteiger partial charge < -0.3 is 14.8 Å². The summed E-state index contributed by atoms with van der Waals surface area (Å²) in [6.07, 6.45) is 1.25. The molecule has 0 heterocycles. The minimum absolute atomic E-state index is 0.0879. The monoisotopic (exact) mass is 492 g/mol. The van der Waals surface area contributed by atoms with Crippen LogP contribution < -0.4 is 15.0 Å². The fraction of sp³-hybridized carbons (Fsp3) is 0.440. The van der Waals surface area contributed by atoms with Gasteiger partial charge in [0.15, 0.2) is 0 Å². The van der Waals surface area contributed by atoms with E-state index in [4.69, 9.17) is 9.47 Å². The number of amides is 2. The summed E-state index contributed by atoms with van der Waals surface area (Å²) in [7, 11) is -1.51. The van der Waals surface area contributed by atoms with Crippen LogP contribution in [0, 0.1) is 6.92 Å². The van der Waals surface area contributed by atoms with Crippen LogP contribution in [0.25, 0.3) is 0 Å². The second-order valence-electron chi connectivity index (χ2n) is 7.97. The maximum absolute atomic E-state index is 13.2. The third-order valence-electron chi connectivity index (χ3n) is 5.36. The van der Waals surface area contributed by atoms with Crippen molar-refractivity contribution in [2.75, 3.05) is 30.9 Å². The zero-order chi connectivity index (χ0) is 25.1. The van der Waals surface area contributed by atoms with Crippen LogP contribution in [0.2, 0.25) is 0 Å². The minimum atomic E-state index is -3.08. The third-order valence-corrected chi connectivity index (χ3v) is 7.12. The zero-order valence-corrected chi connectivity index (χ0v) is 21.1. The number of nitrogens with zero attached hydrogens (tertiary/aromatic N) is 1. The van der Waals surface area contributed by atoms with Crippen molar-refractivity contribution in [2.24, 2.45) is 0 Å². The number of nitrogens with one attached hydrogen (secondary N) is 1. The van der Waals surface area contributed by atoms with Crippen LogP contribution in [0.5, 0.6) is 5.75 Å². The van der Waals surface area contributed by atoms with E-state index in [1.165, 1.54) is 4.90 Å². The molecule has 8 nitrogen and oxygen atoms in total. The van der Waals surface area contributed by atoms with Gasteiger partial charge in [-0.1, -0.05) is 38.5 Å². The largest absolute Gasteiger partial charge is 0.497 e. The van der Waals surface area contributed by atoms with Gasteiger partial charge in [0.1, 0.15) is 12.4 Å². The number of benzene rings is 2. The topological polar surface area (TPSA) is 108 Å². The van der Waals surface area contributed by atoms with E-state index in [0.717, 1.165) is 12.0 Å². The molecule has 0 aliphatic heterocycles. The van der Waals surface area contributed by atoms with E-state index in [-0.39, 0.29) is 30.9 Å². The Morgan fingerprint density at radius 3 is 2.41 bits per heavy atom. The van der Waals surface area contributed by atoms with E-state index >= 15 is 0 Å². The van der Waals surface area contributed by atoms with Crippen molar-refractivity contribution in [1.29, 1.82) is 0 Å². The molecule has 0 saturated carbocycles. The van der Waals surface area contributed by atoms with Crippen LogP contribution in [0.15, 0.2) is 53.4 Å². The summed E-state index contributed by atoms with van der Waals surface area (Å²) >= 11 is 0. The number of ether oxygens (including phenoxy) is 2. The lowest BCUT2D eigenvalue weighted by molar-refractivity contribution is -0.121. The number of hydrogen-bond donors (Lipinski definition) is 3. The lowest BCUT2D eigenvalue weighted by Gasteiger charge is -2.33. The predicted octanol–water partition coefficient (Wildman–Crippen LogP) is 5.45. The van der Waals surface area contributed by atoms with Gasteiger partial charge in [0.2, 0.25) is 5.91 Å². The Hall–Kier alpha value is -2.75. The Kier molecular flexibility index (Phi) is 10.7. The summed E-state index contributed by atoms with van der Waals surface area (Å²) in [5.74, 6) is 0.467. The van der Waals surface area contributed by atoms with E-state index < -0.39 is 16.7 Å². The van der Waals surface area contributed by atoms with Crippen LogP contribution >= 0.6 is 10.6 Å². The molecule has 1 atom stereocenters. The number of rotatable bonds is 12. The molecule has 2 aromatic rings. The first-order valence-corrected chi connectivity index (χ1v) is 13.1. The first-order valence-electron chi connectivity index (χ1n) is 11.4. The highest BCUT2D eigenvalue weighted by Crippen LogP contribution is 2.47. The lowest BCUT2D eigenvalue weighted by Crippen LogP contribution is -2.46. The molecule has 0 bridgehead atoms. The fourth-order valence-corrected chi connectivity index (χ4v) is 4.66. The Morgan fingerprint density at radius 1 is 1.12 bits per heavy atom. The van der Waals surface area contributed by atoms with Crippen LogP contribution in [-0.4, -0.2) is 53.2 Å². The smallest absolute Gasteiger partial charge is 0.414 e. The van der Waals surface area contributed by atoms with Crippen LogP contribution in [0.3, 0.4) is 0 Å². The summed E-state index contributed by atoms with van der Waals surface area (Å²) in [4.78, 5) is 27.1. The molecule has 1 unspecified atom stereocenters. The van der Waals surface area contributed by atoms with Crippen molar-refractivity contribution < 1.29 is 28.2 Å². The van der Waals surface area contributed by atoms with E-state index in [1.54, 1.807) is 56.5 Å². The molecule has 9 heteroatoms. The molecule has 0 aliphatic rings. The summed E-state index contributed by atoms with van der Waals surface area (Å²) in [5.41, 5.74) is 1.44. The number of methoxy groups -OCH3 is 1. The van der Waals surface area contributed by atoms with E-state index in [1.807, 2.05) is 19.9 Å². The minimum Gasteiger partial charge on any atom is -0.497 e. The van der Waals surface area contributed by atoms with Crippen LogP contribution in [-0.2, 0) is 9.53 Å². The van der Waals surface area contributed by atoms with Crippen molar-refractivity contribution >= 4 is 28.3 Å². The summed E-state index contributed by atoms with van der Waals surface area (Å²) in [6.45, 7) is 5.72. The average Bonchev–Trinajstić information content (AvgIpc) is 2.83. The SMILES string of the molecule is CCCC(CN(C(=O)OCCS(O)(O)c1ccccc1)c1ccc(OC)cc1C)NC(=O)CC. The molecule has 0 saturated heterocycles. The molecule has 2 rings (SSSR count). The Bertz CT molecular complexity index is 938. The van der Waals surface area contributed by atoms with Crippen LogP contribution in [0.4, 0.5) is 10.5 Å². The summed E-state index contributed by atoms with van der Waals surface area (Å²) in [6, 6.07) is 13.6. The fourth-order valence-electron chi connectivity index (χ4n) is 3.52. The maximum Gasteiger partial charge on any atom is 0.414 e. The normalized spacial score (nSPS) is 12.5. The van der Waals surface area contributed by atoms with E-state index in [2.05, 4.69) is 5.32 Å². The third kappa shape index (κ3) is 7.93. The molecule has 2 aromatic carbocycles. The van der Waals surface area contributed by atoms with Crippen molar-refractivity contribution in [3.05, 3.63) is 54.1 Å². The average molecular weight is 493 g/mol. The molecule has 3 N–H and O–H groups in total. The van der Waals surface area contributed by atoms with Gasteiger partial charge in [-0.15, -0.1) is 0 Å². The first kappa shape index (κ1) is 27.5. The van der Waals surface area contributed by atoms with Gasteiger partial charge >= 0.3 is 6.09 Å². The van der Waals surface area contributed by atoms with Crippen molar-refractivity contribution in [2.45, 2.75) is 51.0 Å². The second kappa shape index (κ2) is 13.2. The molecule has 188 valence electrons. The Morgan fingerprint density at radius 2 is 1.82 bits per heavy atom. The van der Waals surface area contributed by atoms with Gasteiger partial charge in [0.25, 0.3) is 0 Å². The quantitative estimate of drug-likeness (QED) is 0.364. The number of hydrogen-bond acceptors (Lipinski definition) is 6. The standard InChI is InChI=1S/C25H36N2O6S/c1-5-10-20(26-24(28)6-2)18-27(23-14-13-21(32-4)17-19(23)3)25(29)33-15-16-34(30,31)22-11-8-7-9-12-22/h7-9,11-14,17,20,30-31H,5-6,10,15-16,18H2,1-4H3,(H,26,28). The van der Waals surface area contributed by atoms with Gasteiger partial charge in [-0.25, -0.2) is 4.79 Å². The van der Waals surface area contributed by atoms with Gasteiger partial charge in [-0.05, 0) is 49.2 Å². The number of carbonyl (C=O) groups excluding carboxylic acids is 2. The second-order valence-corrected chi connectivity index (χ2v) is 10.2. The predicted molar refractivity (Wildman–Crippen MR) is 136 cm³/mol. The highest BCUT2D eigenvalue weighted by atomic mass is 32.3. The number of aryl methyl sites for hydroxylation is 1. The van der Waals surface area contributed by atoms with Gasteiger partial charge in [0.05, 0.1) is 23.4 Å². The van der Waals surface area contributed by atoms with Gasteiger partial charge in [0, 0.05) is 19.0 Å². The van der Waals surface area contributed by atoms with Crippen molar-refractivity contribution in [3.63, 3.8) is 0 Å². The molecule has 0 radical (unpaired) electrons. The highest BCUT2D eigenvalue weighted by molar-refractivity contribution is 8.24. The van der Waals surface area contributed by atoms with Crippen molar-refractivity contribution in [1.82, 2.24) is 5.32 Å². The number of carbonyl (C=O) groups is 2. The summed E-state index contributed by atoms with van der Waals surface area (Å²) in [5, 5.41) is 2.98. The molecular formula is C25H36N2O6S. The molecule has 0 spiro atoms. The van der Waals surface area contributed by atoms with E-state index in [0.29, 0.717) is 29.2 Å². The summed E-state index contributed by atoms with van der Waals surface area (Å²) < 4.78 is 31.7. The molecule has 2 amide bonds. The Labute approximate surface area is 203 Å². The van der Waals surface area contributed by atoms with Crippen molar-refractivity contribution in [3.8, 4) is 5.75 Å². The van der Waals surface area contributed by atoms with Gasteiger partial charge in [-0.2, -0.15) is 10.6 Å². The van der Waals surface area contributed by atoms with E-state index in [9.17, 15) is 18.7 Å². The molecule has 0 aromatic heterocycles. The van der Waals surface area contributed by atoms with Gasteiger partial charge in [-0.3, -0.25) is 18.8 Å². The molecule has 0 fully saturated rings. The zero-order valence-electron chi connectivity index (χ0n) is 20.3. The maximum atomic E-state index is 13.2. The molecular weight excluding hydrogens is 456 g/mol. The Balaban J connectivity index is 2.20. The molecule has 34 heavy (non-hydrogen) atoms. The van der Waals surface area contributed by atoms with Crippen LogP contribution in [0.1, 0.15) is 38.7 Å².